The average Bonchev–Trinajstić information content (AvgIpc) is 2.79. The van der Waals surface area contributed by atoms with Gasteiger partial charge in [0.2, 0.25) is 0 Å². The highest BCUT2D eigenvalue weighted by Gasteiger charge is 2.53. The molecule has 0 saturated carbocycles. The van der Waals surface area contributed by atoms with Crippen LogP contribution in [-0.4, -0.2) is 57.0 Å². The molecular weight excluding hydrogens is 304 g/mol. The summed E-state index contributed by atoms with van der Waals surface area (Å²) in [6.45, 7) is 1.90. The first-order valence-electron chi connectivity index (χ1n) is 8.60. The van der Waals surface area contributed by atoms with Gasteiger partial charge >= 0.3 is 0 Å². The third-order valence-corrected chi connectivity index (χ3v) is 5.74. The van der Waals surface area contributed by atoms with Crippen molar-refractivity contribution in [3.8, 4) is 11.5 Å². The van der Waals surface area contributed by atoms with Crippen LogP contribution in [0.3, 0.4) is 0 Å². The van der Waals surface area contributed by atoms with E-state index in [4.69, 9.17) is 9.47 Å². The molecule has 0 bridgehead atoms. The molecule has 130 valence electrons. The van der Waals surface area contributed by atoms with Crippen LogP contribution in [0.2, 0.25) is 0 Å². The Hall–Kier alpha value is -1.72. The molecule has 1 spiro atoms. The Morgan fingerprint density at radius 2 is 2.21 bits per heavy atom. The van der Waals surface area contributed by atoms with Crippen molar-refractivity contribution in [3.63, 3.8) is 0 Å². The highest BCUT2D eigenvalue weighted by Crippen LogP contribution is 2.57. The van der Waals surface area contributed by atoms with E-state index in [1.54, 1.807) is 7.11 Å². The van der Waals surface area contributed by atoms with Gasteiger partial charge in [0.05, 0.1) is 18.6 Å². The van der Waals surface area contributed by atoms with E-state index in [2.05, 4.69) is 43.1 Å². The summed E-state index contributed by atoms with van der Waals surface area (Å²) in [6.07, 6.45) is 5.31. The SMILES string of the molecule is COc1cc(N(C)C)c2c3c1OC1CC(O)C=CC31CCN(C)C2. The molecule has 3 unspecified atom stereocenters. The fraction of sp³-hybridized carbons (Fsp3) is 0.579. The van der Waals surface area contributed by atoms with Crippen molar-refractivity contribution in [2.75, 3.05) is 39.7 Å². The van der Waals surface area contributed by atoms with E-state index in [-0.39, 0.29) is 11.5 Å². The minimum Gasteiger partial charge on any atom is -0.493 e. The first kappa shape index (κ1) is 15.8. The second-order valence-corrected chi connectivity index (χ2v) is 7.47. The van der Waals surface area contributed by atoms with Crippen LogP contribution in [0.4, 0.5) is 5.69 Å². The summed E-state index contributed by atoms with van der Waals surface area (Å²) in [6, 6.07) is 2.08. The van der Waals surface area contributed by atoms with Crippen LogP contribution in [0.5, 0.6) is 11.5 Å². The molecule has 2 aliphatic heterocycles. The Kier molecular flexibility index (Phi) is 3.55. The molecule has 1 aliphatic carbocycles. The van der Waals surface area contributed by atoms with Crippen molar-refractivity contribution < 1.29 is 14.6 Å². The van der Waals surface area contributed by atoms with E-state index < -0.39 is 6.10 Å². The van der Waals surface area contributed by atoms with Crippen LogP contribution in [0, 0.1) is 0 Å². The van der Waals surface area contributed by atoms with Crippen LogP contribution < -0.4 is 14.4 Å². The van der Waals surface area contributed by atoms with Gasteiger partial charge in [-0.05, 0) is 25.6 Å². The number of aliphatic hydroxyl groups excluding tert-OH is 1. The Balaban J connectivity index is 2.02. The van der Waals surface area contributed by atoms with Crippen LogP contribution >= 0.6 is 0 Å². The van der Waals surface area contributed by atoms with E-state index in [0.29, 0.717) is 6.42 Å². The monoisotopic (exact) mass is 330 g/mol. The summed E-state index contributed by atoms with van der Waals surface area (Å²) in [5.41, 5.74) is 3.61. The zero-order valence-electron chi connectivity index (χ0n) is 14.9. The van der Waals surface area contributed by atoms with Crippen molar-refractivity contribution in [3.05, 3.63) is 29.3 Å². The lowest BCUT2D eigenvalue weighted by Gasteiger charge is -2.36. The van der Waals surface area contributed by atoms with Gasteiger partial charge in [-0.25, -0.2) is 0 Å². The van der Waals surface area contributed by atoms with Gasteiger partial charge in [-0.15, -0.1) is 0 Å². The van der Waals surface area contributed by atoms with Crippen molar-refractivity contribution in [2.45, 2.75) is 37.0 Å². The number of aliphatic hydroxyl groups is 1. The van der Waals surface area contributed by atoms with Crippen LogP contribution in [0.15, 0.2) is 18.2 Å². The van der Waals surface area contributed by atoms with Gasteiger partial charge in [-0.2, -0.15) is 0 Å². The smallest absolute Gasteiger partial charge is 0.166 e. The third-order valence-electron chi connectivity index (χ3n) is 5.74. The molecule has 3 atom stereocenters. The lowest BCUT2D eigenvalue weighted by atomic mass is 9.69. The standard InChI is InChI=1S/C19H26N2O3/c1-20(2)14-10-15(23-4)18-17-13(14)11-21(3)8-7-19(17)6-5-12(22)9-16(19)24-18/h5-6,10,12,16,22H,7-9,11H2,1-4H3. The van der Waals surface area contributed by atoms with Gasteiger partial charge in [0.15, 0.2) is 11.5 Å². The number of nitrogens with zero attached hydrogens (tertiary/aromatic N) is 2. The molecule has 5 heteroatoms. The molecule has 24 heavy (non-hydrogen) atoms. The maximum Gasteiger partial charge on any atom is 0.166 e. The Bertz CT molecular complexity index is 700. The Morgan fingerprint density at radius 1 is 1.42 bits per heavy atom. The van der Waals surface area contributed by atoms with Gasteiger partial charge in [0.1, 0.15) is 6.10 Å². The van der Waals surface area contributed by atoms with Crippen molar-refractivity contribution in [1.29, 1.82) is 0 Å². The second-order valence-electron chi connectivity index (χ2n) is 7.47. The minimum atomic E-state index is -0.432. The zero-order chi connectivity index (χ0) is 17.1. The topological polar surface area (TPSA) is 45.2 Å². The van der Waals surface area contributed by atoms with E-state index in [9.17, 15) is 5.11 Å². The van der Waals surface area contributed by atoms with Crippen molar-refractivity contribution >= 4 is 5.69 Å². The summed E-state index contributed by atoms with van der Waals surface area (Å²) in [7, 11) is 8.01. The quantitative estimate of drug-likeness (QED) is 0.840. The predicted octanol–water partition coefficient (Wildman–Crippen LogP) is 1.92. The molecule has 1 N–H and O–H groups in total. The molecule has 0 fully saturated rings. The first-order valence-corrected chi connectivity index (χ1v) is 8.60. The number of anilines is 1. The van der Waals surface area contributed by atoms with E-state index >= 15 is 0 Å². The average molecular weight is 330 g/mol. The largest absolute Gasteiger partial charge is 0.493 e. The summed E-state index contributed by atoms with van der Waals surface area (Å²) in [5.74, 6) is 1.66. The molecule has 1 aromatic rings. The Labute approximate surface area is 143 Å². The summed E-state index contributed by atoms with van der Waals surface area (Å²) in [4.78, 5) is 4.53. The number of rotatable bonds is 2. The third kappa shape index (κ3) is 2.07. The van der Waals surface area contributed by atoms with Crippen LogP contribution in [-0.2, 0) is 12.0 Å². The summed E-state index contributed by atoms with van der Waals surface area (Å²) >= 11 is 0. The van der Waals surface area contributed by atoms with Crippen LogP contribution in [0.25, 0.3) is 0 Å². The molecule has 1 aromatic carbocycles. The molecule has 0 radical (unpaired) electrons. The predicted molar refractivity (Wildman–Crippen MR) is 94.1 cm³/mol. The molecular formula is C19H26N2O3. The highest BCUT2D eigenvalue weighted by molar-refractivity contribution is 5.71. The van der Waals surface area contributed by atoms with E-state index in [0.717, 1.165) is 31.0 Å². The fourth-order valence-corrected chi connectivity index (χ4v) is 4.52. The number of ether oxygens (including phenoxy) is 2. The van der Waals surface area contributed by atoms with Gasteiger partial charge < -0.3 is 24.4 Å². The molecule has 4 rings (SSSR count). The van der Waals surface area contributed by atoms with Gasteiger partial charge in [0.25, 0.3) is 0 Å². The van der Waals surface area contributed by atoms with Gasteiger partial charge in [-0.3, -0.25) is 0 Å². The molecule has 3 aliphatic rings. The molecule has 0 saturated heterocycles. The van der Waals surface area contributed by atoms with Crippen molar-refractivity contribution in [1.82, 2.24) is 4.90 Å². The second kappa shape index (κ2) is 5.39. The maximum atomic E-state index is 10.1. The maximum absolute atomic E-state index is 10.1. The first-order chi connectivity index (χ1) is 11.5. The van der Waals surface area contributed by atoms with Gasteiger partial charge in [0, 0.05) is 44.4 Å². The molecule has 5 nitrogen and oxygen atoms in total. The molecule has 0 aromatic heterocycles. The van der Waals surface area contributed by atoms with Crippen molar-refractivity contribution in [2.24, 2.45) is 0 Å². The number of methoxy groups -OCH3 is 1. The fourth-order valence-electron chi connectivity index (χ4n) is 4.52. The van der Waals surface area contributed by atoms with E-state index in [1.165, 1.54) is 16.8 Å². The van der Waals surface area contributed by atoms with Gasteiger partial charge in [-0.1, -0.05) is 12.2 Å². The van der Waals surface area contributed by atoms with Crippen LogP contribution in [0.1, 0.15) is 24.0 Å². The summed E-state index contributed by atoms with van der Waals surface area (Å²) in [5, 5.41) is 10.1. The summed E-state index contributed by atoms with van der Waals surface area (Å²) < 4.78 is 12.0. The lowest BCUT2D eigenvalue weighted by molar-refractivity contribution is 0.0822. The highest BCUT2D eigenvalue weighted by atomic mass is 16.5. The normalized spacial score (nSPS) is 31.0. The number of benzene rings is 1. The lowest BCUT2D eigenvalue weighted by Crippen LogP contribution is -2.42. The minimum absolute atomic E-state index is 0.0240. The molecule has 2 heterocycles. The zero-order valence-corrected chi connectivity index (χ0v) is 14.9. The van der Waals surface area contributed by atoms with E-state index in [1.807, 2.05) is 6.08 Å². The number of hydrogen-bond acceptors (Lipinski definition) is 5. The molecule has 0 amide bonds. The number of hydrogen-bond donors (Lipinski definition) is 1. The Morgan fingerprint density at radius 3 is 2.92 bits per heavy atom.